The number of hydrogen-bond acceptors (Lipinski definition) is 6. The number of hydrogen-bond donors (Lipinski definition) is 1. The second-order valence-electron chi connectivity index (χ2n) is 12.3. The fraction of sp³-hybridized carbons (Fsp3) is 0.455. The number of alkyl halides is 3. The number of ether oxygens (including phenoxy) is 1. The van der Waals surface area contributed by atoms with Gasteiger partial charge < -0.3 is 20.3 Å². The number of carbonyl (C=O) groups excluding carboxylic acids is 2. The van der Waals surface area contributed by atoms with Gasteiger partial charge in [-0.3, -0.25) is 9.59 Å². The third-order valence-corrected chi connectivity index (χ3v) is 11.1. The molecule has 3 aliphatic rings. The highest BCUT2D eigenvalue weighted by atomic mass is 32.2. The molecule has 246 valence electrons. The summed E-state index contributed by atoms with van der Waals surface area (Å²) in [6.07, 6.45) is 1.09. The third kappa shape index (κ3) is 6.72. The molecule has 9 nitrogen and oxygen atoms in total. The zero-order valence-corrected chi connectivity index (χ0v) is 26.1. The lowest BCUT2D eigenvalue weighted by Gasteiger charge is -2.42. The minimum atomic E-state index is -4.55. The van der Waals surface area contributed by atoms with Crippen LogP contribution in [0.5, 0.6) is 5.75 Å². The predicted molar refractivity (Wildman–Crippen MR) is 166 cm³/mol. The Labute approximate surface area is 266 Å². The molecule has 13 heteroatoms. The van der Waals surface area contributed by atoms with Crippen molar-refractivity contribution in [1.82, 2.24) is 14.1 Å². The van der Waals surface area contributed by atoms with Crippen molar-refractivity contribution in [3.8, 4) is 5.75 Å². The summed E-state index contributed by atoms with van der Waals surface area (Å²) in [5, 5.41) is 1.52. The summed E-state index contributed by atoms with van der Waals surface area (Å²) in [5.74, 6) is -0.281. The maximum absolute atomic E-state index is 14.2. The van der Waals surface area contributed by atoms with Crippen LogP contribution in [-0.2, 0) is 21.0 Å². The van der Waals surface area contributed by atoms with Gasteiger partial charge in [0.25, 0.3) is 5.91 Å². The number of halogens is 3. The van der Waals surface area contributed by atoms with Crippen LogP contribution in [0.15, 0.2) is 65.6 Å². The Morgan fingerprint density at radius 1 is 0.804 bits per heavy atom. The van der Waals surface area contributed by atoms with E-state index in [0.717, 1.165) is 65.4 Å². The Hall–Kier alpha value is -3.68. The molecule has 0 spiro atoms. The summed E-state index contributed by atoms with van der Waals surface area (Å²) in [4.78, 5) is 30.2. The molecule has 2 aliphatic heterocycles. The van der Waals surface area contributed by atoms with E-state index in [1.807, 2.05) is 18.2 Å². The average molecular weight is 659 g/mol. The van der Waals surface area contributed by atoms with E-state index in [2.05, 4.69) is 0 Å². The number of likely N-dealkylation sites (tertiary alicyclic amines) is 1. The largest absolute Gasteiger partial charge is 0.490 e. The van der Waals surface area contributed by atoms with Crippen LogP contribution in [0, 0.1) is 0 Å². The van der Waals surface area contributed by atoms with Crippen LogP contribution in [0.25, 0.3) is 10.8 Å². The highest BCUT2D eigenvalue weighted by Crippen LogP contribution is 2.32. The second kappa shape index (κ2) is 12.8. The lowest BCUT2D eigenvalue weighted by Crippen LogP contribution is -2.62. The SMILES string of the molecule is NC1CCN(C(=O)C2CN(C(=O)c3ccc(C(F)(F)F)cc3)CCN2S(=O)(=O)c2ccc3cc(OC4CCCC4)ccc3c2)CC1. The summed E-state index contributed by atoms with van der Waals surface area (Å²) in [6.45, 7) is 0.278. The molecule has 1 saturated carbocycles. The molecule has 1 unspecified atom stereocenters. The van der Waals surface area contributed by atoms with Gasteiger partial charge in [-0.2, -0.15) is 17.5 Å². The molecule has 0 aromatic heterocycles. The Morgan fingerprint density at radius 2 is 1.46 bits per heavy atom. The molecular formula is C33H37F3N4O5S. The number of carbonyl (C=O) groups is 2. The first kappa shape index (κ1) is 32.3. The molecule has 2 heterocycles. The Bertz CT molecular complexity index is 1700. The maximum Gasteiger partial charge on any atom is 0.416 e. The minimum Gasteiger partial charge on any atom is -0.490 e. The van der Waals surface area contributed by atoms with Gasteiger partial charge in [-0.15, -0.1) is 0 Å². The van der Waals surface area contributed by atoms with Crippen molar-refractivity contribution in [3.05, 3.63) is 71.8 Å². The molecule has 1 aliphatic carbocycles. The molecule has 0 bridgehead atoms. The number of fused-ring (bicyclic) bond motifs is 1. The molecule has 46 heavy (non-hydrogen) atoms. The van der Waals surface area contributed by atoms with Crippen LogP contribution in [0.1, 0.15) is 54.4 Å². The molecule has 1 atom stereocenters. The Balaban J connectivity index is 1.26. The number of benzene rings is 3. The number of piperidine rings is 1. The van der Waals surface area contributed by atoms with Gasteiger partial charge in [-0.1, -0.05) is 12.1 Å². The molecule has 0 radical (unpaired) electrons. The predicted octanol–water partition coefficient (Wildman–Crippen LogP) is 4.65. The molecule has 6 rings (SSSR count). The van der Waals surface area contributed by atoms with Gasteiger partial charge in [-0.25, -0.2) is 8.42 Å². The van der Waals surface area contributed by atoms with Crippen molar-refractivity contribution >= 4 is 32.6 Å². The van der Waals surface area contributed by atoms with Crippen molar-refractivity contribution < 1.29 is 35.9 Å². The van der Waals surface area contributed by atoms with Crippen LogP contribution in [-0.4, -0.2) is 85.2 Å². The van der Waals surface area contributed by atoms with Gasteiger partial charge >= 0.3 is 6.18 Å². The topological polar surface area (TPSA) is 113 Å². The van der Waals surface area contributed by atoms with E-state index in [-0.39, 0.29) is 42.2 Å². The van der Waals surface area contributed by atoms with Crippen LogP contribution >= 0.6 is 0 Å². The van der Waals surface area contributed by atoms with E-state index in [0.29, 0.717) is 31.3 Å². The maximum atomic E-state index is 14.2. The van der Waals surface area contributed by atoms with Crippen LogP contribution < -0.4 is 10.5 Å². The molecule has 3 aromatic carbocycles. The van der Waals surface area contributed by atoms with Crippen molar-refractivity contribution in [3.63, 3.8) is 0 Å². The summed E-state index contributed by atoms with van der Waals surface area (Å²) < 4.78 is 74.8. The van der Waals surface area contributed by atoms with Crippen molar-refractivity contribution in [1.29, 1.82) is 0 Å². The molecule has 2 saturated heterocycles. The first-order chi connectivity index (χ1) is 21.9. The van der Waals surface area contributed by atoms with E-state index in [9.17, 15) is 31.2 Å². The third-order valence-electron chi connectivity index (χ3n) is 9.21. The van der Waals surface area contributed by atoms with Crippen LogP contribution in [0.4, 0.5) is 13.2 Å². The smallest absolute Gasteiger partial charge is 0.416 e. The fourth-order valence-electron chi connectivity index (χ4n) is 6.52. The molecule has 2 N–H and O–H groups in total. The summed E-state index contributed by atoms with van der Waals surface area (Å²) >= 11 is 0. The standard InChI is InChI=1S/C33H37F3N4O5S/c34-33(35,36)25-9-5-22(6-10-25)31(41)39-17-18-40(30(21-39)32(42)38-15-13-26(37)14-16-38)46(43,44)29-12-8-23-19-28(11-7-24(23)20-29)45-27-3-1-2-4-27/h5-12,19-20,26-27,30H,1-4,13-18,21,37H2. The van der Waals surface area contributed by atoms with E-state index in [1.54, 1.807) is 17.0 Å². The monoisotopic (exact) mass is 658 g/mol. The summed E-state index contributed by atoms with van der Waals surface area (Å²) in [6, 6.07) is 12.9. The highest BCUT2D eigenvalue weighted by Gasteiger charge is 2.43. The molecular weight excluding hydrogens is 621 g/mol. The second-order valence-corrected chi connectivity index (χ2v) is 14.2. The highest BCUT2D eigenvalue weighted by molar-refractivity contribution is 7.89. The van der Waals surface area contributed by atoms with Crippen LogP contribution in [0.3, 0.4) is 0 Å². The number of sulfonamides is 1. The van der Waals surface area contributed by atoms with Crippen molar-refractivity contribution in [2.45, 2.75) is 67.8 Å². The molecule has 3 fully saturated rings. The number of nitrogens with two attached hydrogens (primary N) is 1. The lowest BCUT2D eigenvalue weighted by molar-refractivity contribution is -0.138. The number of amides is 2. The normalized spacial score (nSPS) is 20.7. The van der Waals surface area contributed by atoms with Gasteiger partial charge in [0.1, 0.15) is 11.8 Å². The first-order valence-electron chi connectivity index (χ1n) is 15.6. The van der Waals surface area contributed by atoms with E-state index < -0.39 is 39.6 Å². The van der Waals surface area contributed by atoms with E-state index >= 15 is 0 Å². The van der Waals surface area contributed by atoms with Gasteiger partial charge in [0, 0.05) is 44.3 Å². The number of piperazine rings is 1. The molecule has 2 amide bonds. The Kier molecular flexibility index (Phi) is 9.01. The zero-order valence-electron chi connectivity index (χ0n) is 25.3. The molecule has 3 aromatic rings. The van der Waals surface area contributed by atoms with Gasteiger partial charge in [-0.05, 0) is 97.8 Å². The van der Waals surface area contributed by atoms with Crippen molar-refractivity contribution in [2.24, 2.45) is 5.73 Å². The fourth-order valence-corrected chi connectivity index (χ4v) is 8.12. The van der Waals surface area contributed by atoms with Gasteiger partial charge in [0.2, 0.25) is 15.9 Å². The van der Waals surface area contributed by atoms with E-state index in [4.69, 9.17) is 10.5 Å². The number of rotatable bonds is 6. The summed E-state index contributed by atoms with van der Waals surface area (Å²) in [7, 11) is -4.19. The average Bonchev–Trinajstić information content (AvgIpc) is 3.56. The van der Waals surface area contributed by atoms with Gasteiger partial charge in [0.15, 0.2) is 0 Å². The van der Waals surface area contributed by atoms with E-state index in [1.165, 1.54) is 11.0 Å². The summed E-state index contributed by atoms with van der Waals surface area (Å²) in [5.41, 5.74) is 5.17. The zero-order chi connectivity index (χ0) is 32.6. The van der Waals surface area contributed by atoms with Gasteiger partial charge in [0.05, 0.1) is 16.6 Å². The number of nitrogens with zero attached hydrogens (tertiary/aromatic N) is 3. The van der Waals surface area contributed by atoms with Crippen molar-refractivity contribution in [2.75, 3.05) is 32.7 Å². The first-order valence-corrected chi connectivity index (χ1v) is 17.1. The quantitative estimate of drug-likeness (QED) is 0.413. The Morgan fingerprint density at radius 3 is 2.13 bits per heavy atom. The van der Waals surface area contributed by atoms with Crippen LogP contribution in [0.2, 0.25) is 0 Å². The lowest BCUT2D eigenvalue weighted by atomic mass is 10.0. The minimum absolute atomic E-state index is 0.0188.